The zero-order chi connectivity index (χ0) is 15.4. The topological polar surface area (TPSA) is 69.4 Å². The Kier molecular flexibility index (Phi) is 4.55. The van der Waals surface area contributed by atoms with Crippen molar-refractivity contribution in [1.29, 1.82) is 0 Å². The Morgan fingerprint density at radius 2 is 1.90 bits per heavy atom. The van der Waals surface area contributed by atoms with Gasteiger partial charge < -0.3 is 4.74 Å². The van der Waals surface area contributed by atoms with Crippen molar-refractivity contribution in [2.45, 2.75) is 13.5 Å². The second kappa shape index (κ2) is 6.37. The lowest BCUT2D eigenvalue weighted by molar-refractivity contribution is -0.385. The molecule has 0 aliphatic heterocycles. The number of Topliss-reactive ketones (excluding diaryl/α,β-unsaturated/α-hetero) is 1. The molecule has 21 heavy (non-hydrogen) atoms. The van der Waals surface area contributed by atoms with Crippen molar-refractivity contribution in [3.63, 3.8) is 0 Å². The molecule has 0 aliphatic carbocycles. The number of carbonyl (C=O) groups is 1. The molecular weight excluding hydrogens is 294 g/mol. The third kappa shape index (κ3) is 3.79. The fourth-order valence-electron chi connectivity index (χ4n) is 1.79. The number of nitrogens with zero attached hydrogens (tertiary/aromatic N) is 1. The molecule has 0 saturated heterocycles. The summed E-state index contributed by atoms with van der Waals surface area (Å²) in [4.78, 5) is 21.6. The monoisotopic (exact) mass is 305 g/mol. The van der Waals surface area contributed by atoms with Gasteiger partial charge in [0.05, 0.1) is 10.5 Å². The zero-order valence-electron chi connectivity index (χ0n) is 11.2. The first-order valence-electron chi connectivity index (χ1n) is 6.14. The van der Waals surface area contributed by atoms with E-state index in [0.717, 1.165) is 0 Å². The van der Waals surface area contributed by atoms with Crippen LogP contribution in [0.5, 0.6) is 5.75 Å². The molecule has 0 unspecified atom stereocenters. The molecule has 0 radical (unpaired) electrons. The van der Waals surface area contributed by atoms with Gasteiger partial charge >= 0.3 is 0 Å². The maximum absolute atomic E-state index is 11.2. The van der Waals surface area contributed by atoms with Gasteiger partial charge in [0.1, 0.15) is 12.4 Å². The minimum Gasteiger partial charge on any atom is -0.489 e. The van der Waals surface area contributed by atoms with Gasteiger partial charge in [-0.25, -0.2) is 0 Å². The van der Waals surface area contributed by atoms with E-state index < -0.39 is 4.92 Å². The Morgan fingerprint density at radius 1 is 1.24 bits per heavy atom. The number of hydrogen-bond acceptors (Lipinski definition) is 4. The molecule has 0 heterocycles. The van der Waals surface area contributed by atoms with Crippen LogP contribution in [0.2, 0.25) is 5.02 Å². The van der Waals surface area contributed by atoms with Crippen LogP contribution < -0.4 is 4.74 Å². The van der Waals surface area contributed by atoms with Crippen molar-refractivity contribution >= 4 is 23.1 Å². The van der Waals surface area contributed by atoms with Gasteiger partial charge in [-0.1, -0.05) is 11.6 Å². The lowest BCUT2D eigenvalue weighted by Crippen LogP contribution is -2.01. The van der Waals surface area contributed by atoms with Crippen LogP contribution in [-0.2, 0) is 6.61 Å². The summed E-state index contributed by atoms with van der Waals surface area (Å²) in [5.74, 6) is 0.487. The SMILES string of the molecule is CC(=O)c1ccc(OCc2cc(Cl)ccc2[N+](=O)[O-])cc1. The molecular formula is C15H12ClNO4. The van der Waals surface area contributed by atoms with Crippen molar-refractivity contribution in [2.75, 3.05) is 0 Å². The normalized spacial score (nSPS) is 10.2. The van der Waals surface area contributed by atoms with Crippen molar-refractivity contribution in [3.8, 4) is 5.75 Å². The van der Waals surface area contributed by atoms with Gasteiger partial charge in [-0.2, -0.15) is 0 Å². The van der Waals surface area contributed by atoms with Crippen molar-refractivity contribution < 1.29 is 14.5 Å². The Bertz CT molecular complexity index is 683. The van der Waals surface area contributed by atoms with E-state index in [9.17, 15) is 14.9 Å². The Hall–Kier alpha value is -2.40. The predicted molar refractivity (Wildman–Crippen MR) is 78.9 cm³/mol. The second-order valence-corrected chi connectivity index (χ2v) is 4.84. The van der Waals surface area contributed by atoms with Crippen LogP contribution in [0.3, 0.4) is 0 Å². The van der Waals surface area contributed by atoms with Crippen LogP contribution in [0, 0.1) is 10.1 Å². The highest BCUT2D eigenvalue weighted by Crippen LogP contribution is 2.24. The smallest absolute Gasteiger partial charge is 0.276 e. The largest absolute Gasteiger partial charge is 0.489 e. The first-order chi connectivity index (χ1) is 9.97. The van der Waals surface area contributed by atoms with E-state index in [2.05, 4.69) is 0 Å². The number of rotatable bonds is 5. The summed E-state index contributed by atoms with van der Waals surface area (Å²) < 4.78 is 5.50. The van der Waals surface area contributed by atoms with E-state index in [4.69, 9.17) is 16.3 Å². The molecule has 108 valence electrons. The number of ketones is 1. The van der Waals surface area contributed by atoms with E-state index in [0.29, 0.717) is 21.9 Å². The molecule has 0 N–H and O–H groups in total. The minimum atomic E-state index is -0.478. The average molecular weight is 306 g/mol. The van der Waals surface area contributed by atoms with Crippen molar-refractivity contribution in [2.24, 2.45) is 0 Å². The molecule has 2 aromatic carbocycles. The van der Waals surface area contributed by atoms with Crippen LogP contribution in [0.15, 0.2) is 42.5 Å². The summed E-state index contributed by atoms with van der Waals surface area (Å²) in [5.41, 5.74) is 0.930. The molecule has 2 rings (SSSR count). The number of benzene rings is 2. The van der Waals surface area contributed by atoms with Gasteiger partial charge in [-0.15, -0.1) is 0 Å². The quantitative estimate of drug-likeness (QED) is 0.475. The molecule has 0 saturated carbocycles. The molecule has 0 amide bonds. The highest BCUT2D eigenvalue weighted by atomic mass is 35.5. The summed E-state index contributed by atoms with van der Waals surface area (Å²) in [5, 5.41) is 11.3. The molecule has 0 atom stereocenters. The minimum absolute atomic E-state index is 0.0241. The number of hydrogen-bond donors (Lipinski definition) is 0. The van der Waals surface area contributed by atoms with Gasteiger partial charge in [-0.3, -0.25) is 14.9 Å². The number of carbonyl (C=O) groups excluding carboxylic acids is 1. The third-order valence-corrected chi connectivity index (χ3v) is 3.13. The van der Waals surface area contributed by atoms with E-state index in [-0.39, 0.29) is 18.1 Å². The van der Waals surface area contributed by atoms with Crippen molar-refractivity contribution in [3.05, 3.63) is 68.7 Å². The molecule has 0 aromatic heterocycles. The molecule has 0 fully saturated rings. The molecule has 5 nitrogen and oxygen atoms in total. The van der Waals surface area contributed by atoms with Crippen LogP contribution in [0.1, 0.15) is 22.8 Å². The molecule has 0 spiro atoms. The first-order valence-corrected chi connectivity index (χ1v) is 6.52. The standard InChI is InChI=1S/C15H12ClNO4/c1-10(18)11-2-5-14(6-3-11)21-9-12-8-13(16)4-7-15(12)17(19)20/h2-8H,9H2,1H3. The molecule has 0 bridgehead atoms. The molecule has 2 aromatic rings. The Labute approximate surface area is 126 Å². The van der Waals surface area contributed by atoms with E-state index in [1.54, 1.807) is 24.3 Å². The fraction of sp³-hybridized carbons (Fsp3) is 0.133. The van der Waals surface area contributed by atoms with Gasteiger partial charge in [0.2, 0.25) is 0 Å². The Morgan fingerprint density at radius 3 is 2.48 bits per heavy atom. The van der Waals surface area contributed by atoms with Gasteiger partial charge in [-0.05, 0) is 43.3 Å². The van der Waals surface area contributed by atoms with E-state index in [1.807, 2.05) is 0 Å². The predicted octanol–water partition coefficient (Wildman–Crippen LogP) is 4.03. The second-order valence-electron chi connectivity index (χ2n) is 4.40. The summed E-state index contributed by atoms with van der Waals surface area (Å²) in [7, 11) is 0. The van der Waals surface area contributed by atoms with E-state index in [1.165, 1.54) is 25.1 Å². The van der Waals surface area contributed by atoms with Gasteiger partial charge in [0.25, 0.3) is 5.69 Å². The maximum atomic E-state index is 11.2. The fourth-order valence-corrected chi connectivity index (χ4v) is 1.99. The molecule has 0 aliphatic rings. The highest BCUT2D eigenvalue weighted by molar-refractivity contribution is 6.30. The first kappa shape index (κ1) is 15.0. The maximum Gasteiger partial charge on any atom is 0.276 e. The average Bonchev–Trinajstić information content (AvgIpc) is 2.45. The van der Waals surface area contributed by atoms with Crippen LogP contribution >= 0.6 is 11.6 Å². The number of nitro groups is 1. The van der Waals surface area contributed by atoms with Crippen LogP contribution in [0.4, 0.5) is 5.69 Å². The molecule has 6 heteroatoms. The third-order valence-electron chi connectivity index (χ3n) is 2.89. The van der Waals surface area contributed by atoms with Gasteiger partial charge in [0, 0.05) is 16.7 Å². The van der Waals surface area contributed by atoms with Crippen LogP contribution in [0.25, 0.3) is 0 Å². The number of nitro benzene ring substituents is 1. The summed E-state index contributed by atoms with van der Waals surface area (Å²) >= 11 is 5.84. The number of halogens is 1. The summed E-state index contributed by atoms with van der Waals surface area (Å²) in [6, 6.07) is 10.9. The van der Waals surface area contributed by atoms with Gasteiger partial charge in [0.15, 0.2) is 5.78 Å². The van der Waals surface area contributed by atoms with E-state index >= 15 is 0 Å². The Balaban J connectivity index is 2.14. The number of ether oxygens (including phenoxy) is 1. The van der Waals surface area contributed by atoms with Crippen LogP contribution in [-0.4, -0.2) is 10.7 Å². The lowest BCUT2D eigenvalue weighted by atomic mass is 10.1. The van der Waals surface area contributed by atoms with Crippen molar-refractivity contribution in [1.82, 2.24) is 0 Å². The summed E-state index contributed by atoms with van der Waals surface area (Å²) in [6.07, 6.45) is 0. The lowest BCUT2D eigenvalue weighted by Gasteiger charge is -2.07. The summed E-state index contributed by atoms with van der Waals surface area (Å²) in [6.45, 7) is 1.50. The highest BCUT2D eigenvalue weighted by Gasteiger charge is 2.14. The zero-order valence-corrected chi connectivity index (χ0v) is 12.0.